The second kappa shape index (κ2) is 3.59. The number of hydrogen-bond donors (Lipinski definition) is 1. The fourth-order valence-corrected chi connectivity index (χ4v) is 2.73. The van der Waals surface area contributed by atoms with Crippen molar-refractivity contribution in [3.8, 4) is 0 Å². The highest BCUT2D eigenvalue weighted by atomic mass is 16.5. The summed E-state index contributed by atoms with van der Waals surface area (Å²) in [4.78, 5) is 14.1. The number of carbonyl (C=O) groups excluding carboxylic acids is 1. The molecule has 5 heteroatoms. The second-order valence-corrected chi connectivity index (χ2v) is 4.53. The zero-order chi connectivity index (χ0) is 11.1. The average Bonchev–Trinajstić information content (AvgIpc) is 2.90. The monoisotopic (exact) mass is 221 g/mol. The van der Waals surface area contributed by atoms with Crippen LogP contribution >= 0.6 is 0 Å². The van der Waals surface area contributed by atoms with Crippen molar-refractivity contribution in [2.45, 2.75) is 31.8 Å². The quantitative estimate of drug-likeness (QED) is 0.752. The van der Waals surface area contributed by atoms with E-state index in [2.05, 4.69) is 10.5 Å². The molecule has 0 spiro atoms. The molecular weight excluding hydrogens is 206 g/mol. The van der Waals surface area contributed by atoms with E-state index in [0.717, 1.165) is 25.9 Å². The van der Waals surface area contributed by atoms with Gasteiger partial charge in [-0.3, -0.25) is 4.79 Å². The van der Waals surface area contributed by atoms with Crippen LogP contribution in [0.1, 0.15) is 29.1 Å². The summed E-state index contributed by atoms with van der Waals surface area (Å²) in [6.07, 6.45) is 2.10. The largest absolute Gasteiger partial charge is 0.361 e. The van der Waals surface area contributed by atoms with Gasteiger partial charge in [0.2, 0.25) is 0 Å². The Bertz CT molecular complexity index is 415. The number of hydrogen-bond acceptors (Lipinski definition) is 4. The zero-order valence-corrected chi connectivity index (χ0v) is 9.27. The predicted molar refractivity (Wildman–Crippen MR) is 57.1 cm³/mol. The van der Waals surface area contributed by atoms with Crippen LogP contribution < -0.4 is 5.32 Å². The fourth-order valence-electron chi connectivity index (χ4n) is 2.73. The molecule has 2 unspecified atom stereocenters. The number of carbonyl (C=O) groups is 1. The normalized spacial score (nSPS) is 28.4. The molecule has 2 fully saturated rings. The van der Waals surface area contributed by atoms with Crippen molar-refractivity contribution in [2.24, 2.45) is 0 Å². The number of fused-ring (bicyclic) bond motifs is 1. The lowest BCUT2D eigenvalue weighted by atomic mass is 10.1. The van der Waals surface area contributed by atoms with E-state index in [1.54, 1.807) is 13.0 Å². The van der Waals surface area contributed by atoms with Gasteiger partial charge in [-0.25, -0.2) is 0 Å². The van der Waals surface area contributed by atoms with Crippen molar-refractivity contribution in [3.63, 3.8) is 0 Å². The molecule has 1 aromatic rings. The third-order valence-corrected chi connectivity index (χ3v) is 3.50. The van der Waals surface area contributed by atoms with E-state index < -0.39 is 0 Å². The number of amides is 1. The first-order valence-electron chi connectivity index (χ1n) is 5.73. The Morgan fingerprint density at radius 2 is 2.50 bits per heavy atom. The minimum absolute atomic E-state index is 0.00745. The van der Waals surface area contributed by atoms with Crippen molar-refractivity contribution in [2.75, 3.05) is 13.1 Å². The summed E-state index contributed by atoms with van der Waals surface area (Å²) >= 11 is 0. The van der Waals surface area contributed by atoms with E-state index in [1.807, 2.05) is 4.90 Å². The van der Waals surface area contributed by atoms with Crippen LogP contribution in [0.15, 0.2) is 10.6 Å². The summed E-state index contributed by atoms with van der Waals surface area (Å²) in [6, 6.07) is 2.54. The molecule has 0 saturated carbocycles. The highest BCUT2D eigenvalue weighted by Crippen LogP contribution is 2.26. The van der Waals surface area contributed by atoms with Gasteiger partial charge in [-0.15, -0.1) is 0 Å². The molecule has 3 rings (SSSR count). The van der Waals surface area contributed by atoms with Crippen LogP contribution in [0.2, 0.25) is 0 Å². The molecule has 5 nitrogen and oxygen atoms in total. The summed E-state index contributed by atoms with van der Waals surface area (Å²) < 4.78 is 4.94. The highest BCUT2D eigenvalue weighted by molar-refractivity contribution is 5.92. The maximum absolute atomic E-state index is 12.2. The standard InChI is InChI=1S/C11H15N3O2/c1-7-6-9(13-16-7)11(15)14-5-3-8-10(14)2-4-12-8/h6,8,10,12H,2-5H2,1H3. The molecule has 2 saturated heterocycles. The van der Waals surface area contributed by atoms with Crippen molar-refractivity contribution in [1.82, 2.24) is 15.4 Å². The molecule has 0 bridgehead atoms. The number of aromatic nitrogens is 1. The Labute approximate surface area is 93.8 Å². The van der Waals surface area contributed by atoms with Crippen LogP contribution in [0, 0.1) is 6.92 Å². The summed E-state index contributed by atoms with van der Waals surface area (Å²) in [6.45, 7) is 3.64. The van der Waals surface area contributed by atoms with Crippen LogP contribution in [0.25, 0.3) is 0 Å². The Morgan fingerprint density at radius 1 is 1.62 bits per heavy atom. The first-order valence-corrected chi connectivity index (χ1v) is 5.73. The van der Waals surface area contributed by atoms with Gasteiger partial charge in [0.25, 0.3) is 5.91 Å². The number of aryl methyl sites for hydroxylation is 1. The molecule has 2 aliphatic heterocycles. The number of rotatable bonds is 1. The second-order valence-electron chi connectivity index (χ2n) is 4.53. The number of nitrogens with zero attached hydrogens (tertiary/aromatic N) is 2. The first-order chi connectivity index (χ1) is 7.75. The molecule has 16 heavy (non-hydrogen) atoms. The molecule has 2 atom stereocenters. The molecule has 3 heterocycles. The minimum atomic E-state index is 0.00745. The van der Waals surface area contributed by atoms with Crippen LogP contribution in [-0.4, -0.2) is 41.1 Å². The molecule has 1 aromatic heterocycles. The van der Waals surface area contributed by atoms with Gasteiger partial charge in [0.1, 0.15) is 5.76 Å². The average molecular weight is 221 g/mol. The van der Waals surface area contributed by atoms with Crippen molar-refractivity contribution in [1.29, 1.82) is 0 Å². The molecule has 0 radical (unpaired) electrons. The highest BCUT2D eigenvalue weighted by Gasteiger charge is 2.40. The summed E-state index contributed by atoms with van der Waals surface area (Å²) in [5.74, 6) is 0.691. The Balaban J connectivity index is 1.80. The first kappa shape index (κ1) is 9.84. The van der Waals surface area contributed by atoms with E-state index in [-0.39, 0.29) is 5.91 Å². The summed E-state index contributed by atoms with van der Waals surface area (Å²) in [7, 11) is 0. The van der Waals surface area contributed by atoms with Gasteiger partial charge in [0.05, 0.1) is 0 Å². The van der Waals surface area contributed by atoms with Crippen LogP contribution in [-0.2, 0) is 0 Å². The molecule has 0 aromatic carbocycles. The van der Waals surface area contributed by atoms with Crippen molar-refractivity contribution < 1.29 is 9.32 Å². The van der Waals surface area contributed by atoms with Gasteiger partial charge in [-0.05, 0) is 26.3 Å². The lowest BCUT2D eigenvalue weighted by molar-refractivity contribution is 0.0726. The van der Waals surface area contributed by atoms with Gasteiger partial charge in [0.15, 0.2) is 5.69 Å². The maximum atomic E-state index is 12.2. The minimum Gasteiger partial charge on any atom is -0.361 e. The third-order valence-electron chi connectivity index (χ3n) is 3.50. The predicted octanol–water partition coefficient (Wildman–Crippen LogP) is 0.559. The Morgan fingerprint density at radius 3 is 3.25 bits per heavy atom. The SMILES string of the molecule is Cc1cc(C(=O)N2CCC3NCCC32)no1. The Hall–Kier alpha value is -1.36. The lowest BCUT2D eigenvalue weighted by Gasteiger charge is -2.21. The molecule has 2 aliphatic rings. The lowest BCUT2D eigenvalue weighted by Crippen LogP contribution is -2.38. The number of likely N-dealkylation sites (tertiary alicyclic amines) is 1. The van der Waals surface area contributed by atoms with Gasteiger partial charge < -0.3 is 14.7 Å². The number of nitrogens with one attached hydrogen (secondary N) is 1. The van der Waals surface area contributed by atoms with E-state index in [9.17, 15) is 4.79 Å². The van der Waals surface area contributed by atoms with Gasteiger partial charge >= 0.3 is 0 Å². The maximum Gasteiger partial charge on any atom is 0.276 e. The molecular formula is C11H15N3O2. The van der Waals surface area contributed by atoms with Crippen LogP contribution in [0.5, 0.6) is 0 Å². The fraction of sp³-hybridized carbons (Fsp3) is 0.636. The van der Waals surface area contributed by atoms with Crippen molar-refractivity contribution >= 4 is 5.91 Å². The third kappa shape index (κ3) is 1.43. The van der Waals surface area contributed by atoms with Gasteiger partial charge in [-0.2, -0.15) is 0 Å². The van der Waals surface area contributed by atoms with E-state index in [0.29, 0.717) is 23.5 Å². The van der Waals surface area contributed by atoms with E-state index in [1.165, 1.54) is 0 Å². The summed E-state index contributed by atoms with van der Waals surface area (Å²) in [5.41, 5.74) is 0.435. The van der Waals surface area contributed by atoms with Gasteiger partial charge in [0, 0.05) is 24.7 Å². The van der Waals surface area contributed by atoms with E-state index in [4.69, 9.17) is 4.52 Å². The Kier molecular flexibility index (Phi) is 2.21. The summed E-state index contributed by atoms with van der Waals surface area (Å²) in [5, 5.41) is 7.21. The zero-order valence-electron chi connectivity index (χ0n) is 9.27. The molecule has 1 N–H and O–H groups in total. The van der Waals surface area contributed by atoms with Crippen LogP contribution in [0.4, 0.5) is 0 Å². The van der Waals surface area contributed by atoms with Crippen molar-refractivity contribution in [3.05, 3.63) is 17.5 Å². The molecule has 86 valence electrons. The topological polar surface area (TPSA) is 58.4 Å². The van der Waals surface area contributed by atoms with Gasteiger partial charge in [-0.1, -0.05) is 5.16 Å². The van der Waals surface area contributed by atoms with Crippen LogP contribution in [0.3, 0.4) is 0 Å². The molecule has 1 amide bonds. The molecule has 0 aliphatic carbocycles. The smallest absolute Gasteiger partial charge is 0.276 e. The van der Waals surface area contributed by atoms with E-state index >= 15 is 0 Å².